The summed E-state index contributed by atoms with van der Waals surface area (Å²) in [5.74, 6) is 0.854. The van der Waals surface area contributed by atoms with Gasteiger partial charge in [-0.25, -0.2) is 0 Å². The normalized spacial score (nSPS) is 12.4. The van der Waals surface area contributed by atoms with Crippen molar-refractivity contribution in [3.8, 4) is 0 Å². The summed E-state index contributed by atoms with van der Waals surface area (Å²) in [5, 5.41) is 15.4. The van der Waals surface area contributed by atoms with E-state index in [2.05, 4.69) is 34.7 Å². The zero-order chi connectivity index (χ0) is 22.0. The first kappa shape index (κ1) is 20.6. The van der Waals surface area contributed by atoms with Gasteiger partial charge in [0.05, 0.1) is 17.2 Å². The summed E-state index contributed by atoms with van der Waals surface area (Å²) in [6, 6.07) is 13.0. The molecule has 0 aliphatic rings. The third-order valence-corrected chi connectivity index (χ3v) is 5.13. The lowest BCUT2D eigenvalue weighted by Crippen LogP contribution is -2.33. The lowest BCUT2D eigenvalue weighted by Gasteiger charge is -2.19. The van der Waals surface area contributed by atoms with Gasteiger partial charge in [0.15, 0.2) is 11.5 Å². The molecule has 0 spiro atoms. The Kier molecular flexibility index (Phi) is 5.70. The Labute approximate surface area is 180 Å². The van der Waals surface area contributed by atoms with Crippen molar-refractivity contribution >= 4 is 34.1 Å². The minimum absolute atomic E-state index is 0.110. The van der Waals surface area contributed by atoms with E-state index in [9.17, 15) is 9.59 Å². The number of benzene rings is 1. The SMILES string of the molecule is CC(=O)Nc1cccc2c1ccn2CC(=O)N[C@H](CC(C)C)c1nnc2ccccn12. The smallest absolute Gasteiger partial charge is 0.240 e. The molecule has 3 aromatic heterocycles. The molecule has 4 aromatic rings. The van der Waals surface area contributed by atoms with Gasteiger partial charge in [-0.1, -0.05) is 26.0 Å². The van der Waals surface area contributed by atoms with E-state index in [1.807, 2.05) is 63.8 Å². The van der Waals surface area contributed by atoms with Gasteiger partial charge in [-0.05, 0) is 42.7 Å². The molecule has 8 heteroatoms. The van der Waals surface area contributed by atoms with Crippen molar-refractivity contribution in [2.24, 2.45) is 5.92 Å². The van der Waals surface area contributed by atoms with Crippen molar-refractivity contribution in [3.63, 3.8) is 0 Å². The topological polar surface area (TPSA) is 93.3 Å². The quantitative estimate of drug-likeness (QED) is 0.480. The number of fused-ring (bicyclic) bond motifs is 2. The fourth-order valence-electron chi connectivity index (χ4n) is 3.85. The lowest BCUT2D eigenvalue weighted by molar-refractivity contribution is -0.122. The van der Waals surface area contributed by atoms with Crippen LogP contribution in [0.3, 0.4) is 0 Å². The van der Waals surface area contributed by atoms with Gasteiger partial charge >= 0.3 is 0 Å². The van der Waals surface area contributed by atoms with Gasteiger partial charge in [0.1, 0.15) is 6.54 Å². The molecule has 0 unspecified atom stereocenters. The molecule has 2 amide bonds. The van der Waals surface area contributed by atoms with E-state index in [1.54, 1.807) is 0 Å². The van der Waals surface area contributed by atoms with Crippen LogP contribution in [0, 0.1) is 5.92 Å². The molecule has 2 N–H and O–H groups in total. The number of nitrogens with zero attached hydrogens (tertiary/aromatic N) is 4. The fourth-order valence-corrected chi connectivity index (χ4v) is 3.85. The summed E-state index contributed by atoms with van der Waals surface area (Å²) in [7, 11) is 0. The predicted octanol–water partition coefficient (Wildman–Crippen LogP) is 3.55. The lowest BCUT2D eigenvalue weighted by atomic mass is 10.0. The van der Waals surface area contributed by atoms with E-state index in [-0.39, 0.29) is 24.4 Å². The maximum atomic E-state index is 13.0. The second-order valence-corrected chi connectivity index (χ2v) is 8.10. The van der Waals surface area contributed by atoms with Gasteiger partial charge in [-0.2, -0.15) is 0 Å². The molecule has 0 fully saturated rings. The third kappa shape index (κ3) is 4.42. The van der Waals surface area contributed by atoms with E-state index < -0.39 is 0 Å². The molecule has 4 rings (SSSR count). The number of anilines is 1. The van der Waals surface area contributed by atoms with Crippen LogP contribution in [-0.2, 0) is 16.1 Å². The summed E-state index contributed by atoms with van der Waals surface area (Å²) in [6.45, 7) is 5.88. The molecule has 31 heavy (non-hydrogen) atoms. The summed E-state index contributed by atoms with van der Waals surface area (Å²) in [5.41, 5.74) is 2.37. The van der Waals surface area contributed by atoms with Crippen molar-refractivity contribution in [1.82, 2.24) is 24.5 Å². The van der Waals surface area contributed by atoms with Gasteiger partial charge in [-0.15, -0.1) is 10.2 Å². The summed E-state index contributed by atoms with van der Waals surface area (Å²) >= 11 is 0. The summed E-state index contributed by atoms with van der Waals surface area (Å²) in [4.78, 5) is 24.4. The molecule has 0 radical (unpaired) electrons. The highest BCUT2D eigenvalue weighted by molar-refractivity contribution is 6.01. The van der Waals surface area contributed by atoms with Crippen molar-refractivity contribution in [2.45, 2.75) is 39.8 Å². The van der Waals surface area contributed by atoms with Crippen molar-refractivity contribution < 1.29 is 9.59 Å². The molecule has 1 atom stereocenters. The van der Waals surface area contributed by atoms with E-state index >= 15 is 0 Å². The standard InChI is InChI=1S/C23H26N6O2/c1-15(2)13-19(23-27-26-21-9-4-5-11-29(21)23)25-22(31)14-28-12-10-17-18(24-16(3)30)7-6-8-20(17)28/h4-12,15,19H,13-14H2,1-3H3,(H,24,30)(H,25,31)/t19-/m1/s1. The van der Waals surface area contributed by atoms with E-state index in [0.717, 1.165) is 34.5 Å². The van der Waals surface area contributed by atoms with Crippen LogP contribution in [0.1, 0.15) is 39.1 Å². The van der Waals surface area contributed by atoms with Gasteiger partial charge < -0.3 is 15.2 Å². The predicted molar refractivity (Wildman–Crippen MR) is 120 cm³/mol. The number of carbonyl (C=O) groups is 2. The first-order chi connectivity index (χ1) is 14.9. The van der Waals surface area contributed by atoms with Crippen LogP contribution < -0.4 is 10.6 Å². The number of nitrogens with one attached hydrogen (secondary N) is 2. The number of rotatable bonds is 7. The van der Waals surface area contributed by atoms with E-state index in [4.69, 9.17) is 0 Å². The number of hydrogen-bond donors (Lipinski definition) is 2. The average molecular weight is 419 g/mol. The Bertz CT molecular complexity index is 1240. The molecule has 0 bridgehead atoms. The maximum absolute atomic E-state index is 13.0. The first-order valence-electron chi connectivity index (χ1n) is 10.4. The maximum Gasteiger partial charge on any atom is 0.240 e. The minimum Gasteiger partial charge on any atom is -0.344 e. The monoisotopic (exact) mass is 418 g/mol. The molecular formula is C23H26N6O2. The molecule has 1 aromatic carbocycles. The van der Waals surface area contributed by atoms with Crippen LogP contribution in [0.2, 0.25) is 0 Å². The van der Waals surface area contributed by atoms with E-state index in [0.29, 0.717) is 5.92 Å². The zero-order valence-electron chi connectivity index (χ0n) is 17.9. The van der Waals surface area contributed by atoms with Crippen LogP contribution in [0.25, 0.3) is 16.6 Å². The van der Waals surface area contributed by atoms with Gasteiger partial charge in [0, 0.05) is 24.7 Å². The second kappa shape index (κ2) is 8.59. The van der Waals surface area contributed by atoms with Crippen LogP contribution in [0.5, 0.6) is 0 Å². The number of pyridine rings is 1. The zero-order valence-corrected chi connectivity index (χ0v) is 17.9. The first-order valence-corrected chi connectivity index (χ1v) is 10.4. The highest BCUT2D eigenvalue weighted by atomic mass is 16.2. The number of carbonyl (C=O) groups excluding carboxylic acids is 2. The van der Waals surface area contributed by atoms with Crippen LogP contribution >= 0.6 is 0 Å². The second-order valence-electron chi connectivity index (χ2n) is 8.10. The van der Waals surface area contributed by atoms with Crippen LogP contribution in [-0.4, -0.2) is 31.0 Å². The van der Waals surface area contributed by atoms with Crippen molar-refractivity contribution in [1.29, 1.82) is 0 Å². The number of aromatic nitrogens is 4. The highest BCUT2D eigenvalue weighted by Gasteiger charge is 2.22. The molecule has 0 aliphatic carbocycles. The van der Waals surface area contributed by atoms with Crippen LogP contribution in [0.4, 0.5) is 5.69 Å². The summed E-state index contributed by atoms with van der Waals surface area (Å²) in [6.07, 6.45) is 4.52. The minimum atomic E-state index is -0.248. The molecule has 0 saturated heterocycles. The highest BCUT2D eigenvalue weighted by Crippen LogP contribution is 2.25. The average Bonchev–Trinajstić information content (AvgIpc) is 3.32. The van der Waals surface area contributed by atoms with Crippen molar-refractivity contribution in [2.75, 3.05) is 5.32 Å². The Hall–Kier alpha value is -3.68. The fraction of sp³-hybridized carbons (Fsp3) is 0.304. The van der Waals surface area contributed by atoms with Gasteiger partial charge in [0.25, 0.3) is 0 Å². The van der Waals surface area contributed by atoms with Crippen molar-refractivity contribution in [3.05, 3.63) is 60.7 Å². The molecule has 0 aliphatic heterocycles. The van der Waals surface area contributed by atoms with E-state index in [1.165, 1.54) is 6.92 Å². The largest absolute Gasteiger partial charge is 0.344 e. The Morgan fingerprint density at radius 1 is 1.03 bits per heavy atom. The van der Waals surface area contributed by atoms with Gasteiger partial charge in [0.2, 0.25) is 11.8 Å². The molecule has 160 valence electrons. The Morgan fingerprint density at radius 2 is 1.87 bits per heavy atom. The van der Waals surface area contributed by atoms with Gasteiger partial charge in [-0.3, -0.25) is 14.0 Å². The number of amides is 2. The molecule has 3 heterocycles. The summed E-state index contributed by atoms with van der Waals surface area (Å²) < 4.78 is 3.79. The molecule has 0 saturated carbocycles. The third-order valence-electron chi connectivity index (χ3n) is 5.13. The molecular weight excluding hydrogens is 392 g/mol. The Balaban J connectivity index is 1.57. The molecule has 8 nitrogen and oxygen atoms in total. The Morgan fingerprint density at radius 3 is 2.65 bits per heavy atom. The number of hydrogen-bond acceptors (Lipinski definition) is 4. The van der Waals surface area contributed by atoms with Crippen LogP contribution in [0.15, 0.2) is 54.9 Å².